The largest absolute Gasteiger partial charge is 0.467 e. The van der Waals surface area contributed by atoms with E-state index in [1.807, 2.05) is 11.8 Å². The van der Waals surface area contributed by atoms with Gasteiger partial charge >= 0.3 is 0 Å². The van der Waals surface area contributed by atoms with E-state index in [1.54, 1.807) is 24.6 Å². The van der Waals surface area contributed by atoms with E-state index in [4.69, 9.17) is 16.6 Å². The van der Waals surface area contributed by atoms with Gasteiger partial charge in [-0.2, -0.15) is 0 Å². The van der Waals surface area contributed by atoms with Crippen LogP contribution < -0.4 is 0 Å². The fourth-order valence-corrected chi connectivity index (χ4v) is 5.82. The smallest absolute Gasteiger partial charge is 0.268 e. The lowest BCUT2D eigenvalue weighted by atomic mass is 10.2. The van der Waals surface area contributed by atoms with Crippen molar-refractivity contribution in [1.82, 2.24) is 9.80 Å². The van der Waals surface area contributed by atoms with Gasteiger partial charge in [-0.3, -0.25) is 9.69 Å². The molecule has 130 valence electrons. The van der Waals surface area contributed by atoms with Gasteiger partial charge in [-0.1, -0.05) is 24.0 Å². The van der Waals surface area contributed by atoms with Crippen molar-refractivity contribution < 1.29 is 17.6 Å². The number of thiocarbonyl (C=S) groups is 1. The highest BCUT2D eigenvalue weighted by molar-refractivity contribution is 8.26. The Morgan fingerprint density at radius 3 is 2.92 bits per heavy atom. The van der Waals surface area contributed by atoms with Crippen LogP contribution in [0.2, 0.25) is 0 Å². The number of rotatable bonds is 5. The number of carbonyl (C=O) groups is 1. The number of furan rings is 1. The van der Waals surface area contributed by atoms with Crippen molar-refractivity contribution in [3.8, 4) is 0 Å². The Morgan fingerprint density at radius 1 is 1.54 bits per heavy atom. The number of amides is 1. The quantitative estimate of drug-likeness (QED) is 0.566. The molecule has 1 aromatic heterocycles. The van der Waals surface area contributed by atoms with Gasteiger partial charge in [-0.05, 0) is 25.5 Å². The SMILES string of the molecule is CCN(/C=C1\SC(=S)N(Cc2ccco2)C1=O)C1CCS(=O)(=O)C1. The van der Waals surface area contributed by atoms with E-state index in [0.29, 0.717) is 34.5 Å². The highest BCUT2D eigenvalue weighted by Crippen LogP contribution is 2.33. The monoisotopic (exact) mass is 386 g/mol. The maximum Gasteiger partial charge on any atom is 0.268 e. The molecule has 0 bridgehead atoms. The minimum Gasteiger partial charge on any atom is -0.467 e. The van der Waals surface area contributed by atoms with Crippen LogP contribution in [0.3, 0.4) is 0 Å². The third kappa shape index (κ3) is 3.68. The first kappa shape index (κ1) is 17.5. The Balaban J connectivity index is 1.75. The molecule has 6 nitrogen and oxygen atoms in total. The van der Waals surface area contributed by atoms with E-state index in [2.05, 4.69) is 0 Å². The first-order chi connectivity index (χ1) is 11.4. The minimum atomic E-state index is -2.96. The van der Waals surface area contributed by atoms with Crippen molar-refractivity contribution in [1.29, 1.82) is 0 Å². The molecule has 0 radical (unpaired) electrons. The Bertz CT molecular complexity index is 771. The summed E-state index contributed by atoms with van der Waals surface area (Å²) < 4.78 is 29.1. The fourth-order valence-electron chi connectivity index (χ4n) is 2.83. The number of sulfone groups is 1. The van der Waals surface area contributed by atoms with E-state index in [9.17, 15) is 13.2 Å². The van der Waals surface area contributed by atoms with Crippen LogP contribution in [0.25, 0.3) is 0 Å². The van der Waals surface area contributed by atoms with E-state index < -0.39 is 9.84 Å². The summed E-state index contributed by atoms with van der Waals surface area (Å²) in [7, 11) is -2.96. The predicted octanol–water partition coefficient (Wildman–Crippen LogP) is 1.99. The number of hydrogen-bond acceptors (Lipinski definition) is 7. The van der Waals surface area contributed by atoms with Crippen molar-refractivity contribution >= 4 is 44.0 Å². The van der Waals surface area contributed by atoms with Gasteiger partial charge in [0, 0.05) is 18.8 Å². The molecule has 0 aromatic carbocycles. The predicted molar refractivity (Wildman–Crippen MR) is 97.0 cm³/mol. The maximum absolute atomic E-state index is 12.6. The number of nitrogens with zero attached hydrogens (tertiary/aromatic N) is 2. The number of carbonyl (C=O) groups excluding carboxylic acids is 1. The van der Waals surface area contributed by atoms with Gasteiger partial charge in [0.15, 0.2) is 9.84 Å². The molecule has 0 aliphatic carbocycles. The molecule has 1 unspecified atom stereocenters. The molecule has 2 aliphatic heterocycles. The Morgan fingerprint density at radius 2 is 2.33 bits per heavy atom. The van der Waals surface area contributed by atoms with Crippen molar-refractivity contribution in [2.24, 2.45) is 0 Å². The number of hydrogen-bond donors (Lipinski definition) is 0. The van der Waals surface area contributed by atoms with Crippen LogP contribution in [0.1, 0.15) is 19.1 Å². The Labute approximate surface area is 150 Å². The summed E-state index contributed by atoms with van der Waals surface area (Å²) in [5.74, 6) is 0.855. The zero-order valence-electron chi connectivity index (χ0n) is 13.2. The summed E-state index contributed by atoms with van der Waals surface area (Å²) in [6, 6.07) is 3.49. The number of thioether (sulfide) groups is 1. The molecule has 1 atom stereocenters. The minimum absolute atomic E-state index is 0.0754. The van der Waals surface area contributed by atoms with Gasteiger partial charge in [-0.15, -0.1) is 0 Å². The summed E-state index contributed by atoms with van der Waals surface area (Å²) in [5, 5.41) is 0. The molecule has 2 aliphatic rings. The molecule has 2 saturated heterocycles. The van der Waals surface area contributed by atoms with Crippen LogP contribution in [0.15, 0.2) is 33.9 Å². The molecule has 3 heterocycles. The molecular formula is C15H18N2O4S3. The van der Waals surface area contributed by atoms with Crippen molar-refractivity contribution in [2.75, 3.05) is 18.1 Å². The second kappa shape index (κ2) is 6.89. The lowest BCUT2D eigenvalue weighted by molar-refractivity contribution is -0.122. The highest BCUT2D eigenvalue weighted by atomic mass is 32.2. The molecule has 0 N–H and O–H groups in total. The Hall–Kier alpha value is -1.32. The topological polar surface area (TPSA) is 70.8 Å². The van der Waals surface area contributed by atoms with Crippen LogP contribution in [0.4, 0.5) is 0 Å². The molecular weight excluding hydrogens is 368 g/mol. The molecule has 9 heteroatoms. The molecule has 2 fully saturated rings. The van der Waals surface area contributed by atoms with Crippen molar-refractivity contribution in [3.63, 3.8) is 0 Å². The fraction of sp³-hybridized carbons (Fsp3) is 0.467. The van der Waals surface area contributed by atoms with Crippen LogP contribution in [0, 0.1) is 0 Å². The first-order valence-electron chi connectivity index (χ1n) is 7.63. The average molecular weight is 387 g/mol. The maximum atomic E-state index is 12.6. The molecule has 0 saturated carbocycles. The third-order valence-corrected chi connectivity index (χ3v) is 7.21. The highest BCUT2D eigenvalue weighted by Gasteiger charge is 2.35. The molecule has 3 rings (SSSR count). The summed E-state index contributed by atoms with van der Waals surface area (Å²) >= 11 is 6.54. The van der Waals surface area contributed by atoms with Gasteiger partial charge in [-0.25, -0.2) is 8.42 Å². The van der Waals surface area contributed by atoms with E-state index >= 15 is 0 Å². The van der Waals surface area contributed by atoms with Gasteiger partial charge in [0.2, 0.25) is 0 Å². The van der Waals surface area contributed by atoms with Crippen molar-refractivity contribution in [3.05, 3.63) is 35.3 Å². The summed E-state index contributed by atoms with van der Waals surface area (Å²) in [6.07, 6.45) is 3.91. The first-order valence-corrected chi connectivity index (χ1v) is 10.7. The average Bonchev–Trinajstić information content (AvgIpc) is 3.22. The van der Waals surface area contributed by atoms with E-state index in [1.165, 1.54) is 16.7 Å². The Kier molecular flexibility index (Phi) is 5.03. The van der Waals surface area contributed by atoms with Gasteiger partial charge < -0.3 is 9.32 Å². The van der Waals surface area contributed by atoms with Crippen LogP contribution >= 0.6 is 24.0 Å². The molecule has 1 amide bonds. The summed E-state index contributed by atoms with van der Waals surface area (Å²) in [4.78, 5) is 16.6. The van der Waals surface area contributed by atoms with Crippen LogP contribution in [-0.4, -0.2) is 52.5 Å². The van der Waals surface area contributed by atoms with Crippen LogP contribution in [-0.2, 0) is 21.2 Å². The van der Waals surface area contributed by atoms with Crippen LogP contribution in [0.5, 0.6) is 0 Å². The summed E-state index contributed by atoms with van der Waals surface area (Å²) in [6.45, 7) is 2.90. The van der Waals surface area contributed by atoms with Gasteiger partial charge in [0.05, 0.1) is 29.2 Å². The van der Waals surface area contributed by atoms with E-state index in [0.717, 1.165) is 0 Å². The normalized spacial score (nSPS) is 25.0. The standard InChI is InChI=1S/C15H18N2O4S3/c1-2-16(11-5-7-24(19,20)10-11)9-13-14(18)17(15(22)23-13)8-12-4-3-6-21-12/h3-4,6,9,11H,2,5,7-8,10H2,1H3/b13-9-. The van der Waals surface area contributed by atoms with Gasteiger partial charge in [0.1, 0.15) is 10.1 Å². The summed E-state index contributed by atoms with van der Waals surface area (Å²) in [5.41, 5.74) is 0. The third-order valence-electron chi connectivity index (χ3n) is 4.09. The van der Waals surface area contributed by atoms with Crippen molar-refractivity contribution in [2.45, 2.75) is 25.9 Å². The lowest BCUT2D eigenvalue weighted by Gasteiger charge is -2.25. The van der Waals surface area contributed by atoms with E-state index in [-0.39, 0.29) is 23.5 Å². The zero-order chi connectivity index (χ0) is 17.3. The van der Waals surface area contributed by atoms with Gasteiger partial charge in [0.25, 0.3) is 5.91 Å². The second-order valence-electron chi connectivity index (χ2n) is 5.72. The zero-order valence-corrected chi connectivity index (χ0v) is 15.6. The molecule has 0 spiro atoms. The second-order valence-corrected chi connectivity index (χ2v) is 9.62. The lowest BCUT2D eigenvalue weighted by Crippen LogP contribution is -2.33. The molecule has 24 heavy (non-hydrogen) atoms. The molecule has 1 aromatic rings.